The smallest absolute Gasteiger partial charge is 0.342 e. The predicted octanol–water partition coefficient (Wildman–Crippen LogP) is 6.57. The summed E-state index contributed by atoms with van der Waals surface area (Å²) in [5.41, 5.74) is 2.63. The maximum atomic E-state index is 12.7. The number of hydrogen-bond acceptors (Lipinski definition) is 5. The van der Waals surface area contributed by atoms with Gasteiger partial charge in [0.25, 0.3) is 0 Å². The standard InChI is InChI=1S/C29H42O5/c1-17(2)10-9-14-29(8)24-12-11-18(3)23(28(24,7)15-13-25(29)34-21(6)30)16-22-26(31)19(4)20(5)33-27(22)32/h10,23-25,31H,3,9,11-16H2,1-2,4-8H3/t23-,24-,25+,28-,29+/m0/s1. The first-order valence-electron chi connectivity index (χ1n) is 12.6. The number of allylic oxidation sites excluding steroid dienone is 3. The molecule has 1 heterocycles. The molecule has 0 bridgehead atoms. The van der Waals surface area contributed by atoms with Crippen molar-refractivity contribution < 1.29 is 19.1 Å². The van der Waals surface area contributed by atoms with E-state index in [1.54, 1.807) is 13.8 Å². The van der Waals surface area contributed by atoms with E-state index in [0.717, 1.165) is 44.1 Å². The van der Waals surface area contributed by atoms with Crippen LogP contribution in [0, 0.1) is 36.5 Å². The molecule has 2 saturated carbocycles. The quantitative estimate of drug-likeness (QED) is 0.376. The van der Waals surface area contributed by atoms with Crippen molar-refractivity contribution in [3.05, 3.63) is 51.1 Å². The Morgan fingerprint density at radius 2 is 1.91 bits per heavy atom. The summed E-state index contributed by atoms with van der Waals surface area (Å²) < 4.78 is 11.4. The highest BCUT2D eigenvalue weighted by molar-refractivity contribution is 5.66. The molecule has 5 nitrogen and oxygen atoms in total. The zero-order valence-electron chi connectivity index (χ0n) is 22.0. The van der Waals surface area contributed by atoms with E-state index in [2.05, 4.69) is 40.3 Å². The Balaban J connectivity index is 2.02. The number of rotatable bonds is 6. The van der Waals surface area contributed by atoms with Gasteiger partial charge >= 0.3 is 11.6 Å². The van der Waals surface area contributed by atoms with Crippen LogP contribution in [0.15, 0.2) is 33.0 Å². The monoisotopic (exact) mass is 470 g/mol. The van der Waals surface area contributed by atoms with E-state index in [-0.39, 0.29) is 34.6 Å². The van der Waals surface area contributed by atoms with Gasteiger partial charge in [0, 0.05) is 17.9 Å². The summed E-state index contributed by atoms with van der Waals surface area (Å²) in [5.74, 6) is 0.623. The summed E-state index contributed by atoms with van der Waals surface area (Å²) >= 11 is 0. The molecule has 1 N–H and O–H groups in total. The SMILES string of the molecule is C=C1CC[C@@H]2[C@@](C)(CCC=C(C)C)[C@H](OC(C)=O)CC[C@@]2(C)[C@H]1Cc1c(O)c(C)c(C)oc1=O. The second kappa shape index (κ2) is 9.75. The van der Waals surface area contributed by atoms with E-state index >= 15 is 0 Å². The molecule has 2 fully saturated rings. The van der Waals surface area contributed by atoms with Crippen molar-refractivity contribution in [2.45, 2.75) is 99.5 Å². The zero-order valence-corrected chi connectivity index (χ0v) is 22.0. The van der Waals surface area contributed by atoms with Gasteiger partial charge in [-0.15, -0.1) is 0 Å². The van der Waals surface area contributed by atoms with Crippen LogP contribution in [0.1, 0.15) is 90.0 Å². The minimum absolute atomic E-state index is 0.0446. The third-order valence-electron chi connectivity index (χ3n) is 8.93. The average Bonchev–Trinajstić information content (AvgIpc) is 2.73. The van der Waals surface area contributed by atoms with Crippen molar-refractivity contribution in [2.75, 3.05) is 0 Å². The largest absolute Gasteiger partial charge is 0.507 e. The van der Waals surface area contributed by atoms with E-state index < -0.39 is 5.63 Å². The number of carbonyl (C=O) groups is 1. The molecule has 2 aliphatic carbocycles. The van der Waals surface area contributed by atoms with Gasteiger partial charge in [0.1, 0.15) is 17.6 Å². The molecule has 2 aliphatic rings. The lowest BCUT2D eigenvalue weighted by atomic mass is 9.45. The first kappa shape index (κ1) is 26.3. The Morgan fingerprint density at radius 1 is 1.24 bits per heavy atom. The van der Waals surface area contributed by atoms with E-state index in [1.807, 2.05) is 0 Å². The maximum Gasteiger partial charge on any atom is 0.342 e. The van der Waals surface area contributed by atoms with Crippen LogP contribution in [0.3, 0.4) is 0 Å². The van der Waals surface area contributed by atoms with Gasteiger partial charge in [0.2, 0.25) is 0 Å². The molecule has 1 aromatic rings. The van der Waals surface area contributed by atoms with Crippen molar-refractivity contribution in [2.24, 2.45) is 22.7 Å². The Morgan fingerprint density at radius 3 is 2.53 bits per heavy atom. The summed E-state index contributed by atoms with van der Waals surface area (Å²) in [7, 11) is 0. The highest BCUT2D eigenvalue weighted by atomic mass is 16.5. The molecule has 0 aromatic carbocycles. The fourth-order valence-corrected chi connectivity index (χ4v) is 6.90. The lowest BCUT2D eigenvalue weighted by Gasteiger charge is -2.61. The average molecular weight is 471 g/mol. The molecular formula is C29H42O5. The molecule has 0 spiro atoms. The van der Waals surface area contributed by atoms with E-state index in [9.17, 15) is 14.7 Å². The predicted molar refractivity (Wildman–Crippen MR) is 135 cm³/mol. The molecule has 0 radical (unpaired) electrons. The zero-order chi connectivity index (χ0) is 25.4. The van der Waals surface area contributed by atoms with Gasteiger partial charge in [-0.1, -0.05) is 37.6 Å². The first-order valence-corrected chi connectivity index (χ1v) is 12.6. The van der Waals surface area contributed by atoms with Gasteiger partial charge in [0.15, 0.2) is 0 Å². The second-order valence-electron chi connectivity index (χ2n) is 11.4. The first-order chi connectivity index (χ1) is 15.8. The lowest BCUT2D eigenvalue weighted by molar-refractivity contribution is -0.178. The maximum absolute atomic E-state index is 12.7. The lowest BCUT2D eigenvalue weighted by Crippen LogP contribution is -2.57. The fraction of sp³-hybridized carbons (Fsp3) is 0.655. The van der Waals surface area contributed by atoms with Gasteiger partial charge < -0.3 is 14.3 Å². The normalized spacial score (nSPS) is 31.0. The molecular weight excluding hydrogens is 428 g/mol. The molecule has 34 heavy (non-hydrogen) atoms. The van der Waals surface area contributed by atoms with Gasteiger partial charge in [-0.3, -0.25) is 4.79 Å². The minimum Gasteiger partial charge on any atom is -0.507 e. The summed E-state index contributed by atoms with van der Waals surface area (Å²) in [6.07, 6.45) is 7.96. The Hall–Kier alpha value is -2.30. The van der Waals surface area contributed by atoms with Crippen LogP contribution in [0.25, 0.3) is 0 Å². The van der Waals surface area contributed by atoms with Gasteiger partial charge in [0.05, 0.1) is 5.56 Å². The number of hydrogen-bond donors (Lipinski definition) is 1. The number of aromatic hydroxyl groups is 1. The van der Waals surface area contributed by atoms with Crippen LogP contribution >= 0.6 is 0 Å². The van der Waals surface area contributed by atoms with Crippen LogP contribution in [0.4, 0.5) is 0 Å². The topological polar surface area (TPSA) is 76.7 Å². The number of carbonyl (C=O) groups excluding carboxylic acids is 1. The van der Waals surface area contributed by atoms with Crippen molar-refractivity contribution in [1.29, 1.82) is 0 Å². The van der Waals surface area contributed by atoms with E-state index in [0.29, 0.717) is 29.2 Å². The second-order valence-corrected chi connectivity index (χ2v) is 11.4. The highest BCUT2D eigenvalue weighted by Gasteiger charge is 2.58. The van der Waals surface area contributed by atoms with Crippen LogP contribution in [0.5, 0.6) is 5.75 Å². The molecule has 0 aliphatic heterocycles. The number of esters is 1. The van der Waals surface area contributed by atoms with Gasteiger partial charge in [-0.2, -0.15) is 0 Å². The van der Waals surface area contributed by atoms with Crippen molar-refractivity contribution in [3.8, 4) is 5.75 Å². The Bertz CT molecular complexity index is 1040. The molecule has 0 saturated heterocycles. The summed E-state index contributed by atoms with van der Waals surface area (Å²) in [6, 6.07) is 0. The van der Waals surface area contributed by atoms with Gasteiger partial charge in [-0.25, -0.2) is 4.79 Å². The molecule has 5 atom stereocenters. The molecule has 0 amide bonds. The van der Waals surface area contributed by atoms with Gasteiger partial charge in [-0.05, 0) is 89.9 Å². The van der Waals surface area contributed by atoms with Crippen LogP contribution in [-0.2, 0) is 16.0 Å². The Kier molecular flexibility index (Phi) is 7.54. The molecule has 5 heteroatoms. The summed E-state index contributed by atoms with van der Waals surface area (Å²) in [4.78, 5) is 24.7. The minimum atomic E-state index is -0.459. The number of aryl methyl sites for hydroxylation is 1. The van der Waals surface area contributed by atoms with Crippen molar-refractivity contribution in [1.82, 2.24) is 0 Å². The van der Waals surface area contributed by atoms with E-state index in [4.69, 9.17) is 9.15 Å². The molecule has 3 rings (SSSR count). The van der Waals surface area contributed by atoms with Crippen LogP contribution < -0.4 is 5.63 Å². The summed E-state index contributed by atoms with van der Waals surface area (Å²) in [5, 5.41) is 10.8. The molecule has 188 valence electrons. The highest BCUT2D eigenvalue weighted by Crippen LogP contribution is 2.63. The molecule has 0 unspecified atom stereocenters. The van der Waals surface area contributed by atoms with Crippen LogP contribution in [0.2, 0.25) is 0 Å². The van der Waals surface area contributed by atoms with Crippen molar-refractivity contribution in [3.63, 3.8) is 0 Å². The van der Waals surface area contributed by atoms with E-state index in [1.165, 1.54) is 12.5 Å². The van der Waals surface area contributed by atoms with Crippen LogP contribution in [-0.4, -0.2) is 17.2 Å². The third-order valence-corrected chi connectivity index (χ3v) is 8.93. The fourth-order valence-electron chi connectivity index (χ4n) is 6.90. The summed E-state index contributed by atoms with van der Waals surface area (Å²) in [6.45, 7) is 18.2. The molecule has 1 aromatic heterocycles. The number of fused-ring (bicyclic) bond motifs is 1. The Labute approximate surface area is 204 Å². The van der Waals surface area contributed by atoms with Crippen molar-refractivity contribution >= 4 is 5.97 Å². The number of ether oxygens (including phenoxy) is 1. The third kappa shape index (κ3) is 4.76.